The molecule has 2 aromatic rings. The van der Waals surface area contributed by atoms with Crippen molar-refractivity contribution in [1.29, 1.82) is 0 Å². The van der Waals surface area contributed by atoms with Gasteiger partial charge in [-0.15, -0.1) is 10.2 Å². The molecule has 9 heteroatoms. The molecule has 4 rings (SSSR count). The van der Waals surface area contributed by atoms with Crippen molar-refractivity contribution >= 4 is 5.96 Å². The second kappa shape index (κ2) is 11.3. The van der Waals surface area contributed by atoms with Crippen LogP contribution in [0, 0.1) is 0 Å². The molecule has 0 aliphatic carbocycles. The van der Waals surface area contributed by atoms with Crippen LogP contribution in [0.5, 0.6) is 5.75 Å². The molecule has 0 bridgehead atoms. The minimum atomic E-state index is 0.217. The molecule has 32 heavy (non-hydrogen) atoms. The first-order chi connectivity index (χ1) is 15.8. The molecule has 0 radical (unpaired) electrons. The van der Waals surface area contributed by atoms with Crippen molar-refractivity contribution < 1.29 is 9.47 Å². The number of rotatable bonds is 8. The Labute approximate surface area is 190 Å². The number of fused-ring (bicyclic) bond motifs is 1. The Balaban J connectivity index is 1.46. The number of guanidine groups is 1. The van der Waals surface area contributed by atoms with Crippen molar-refractivity contribution in [3.63, 3.8) is 0 Å². The standard InChI is InChI=1S/C23H35N7O2/c1-3-24-23(26-17-22-28-27-21-6-4-5-11-30(21)22)25-16-20(29-12-14-32-15-13-29)18-7-9-19(31-2)10-8-18/h7-10,20H,3-6,11-17H2,1-2H3,(H2,24,25,26). The third-order valence-corrected chi connectivity index (χ3v) is 6.11. The number of benzene rings is 1. The second-order valence-corrected chi connectivity index (χ2v) is 8.15. The summed E-state index contributed by atoms with van der Waals surface area (Å²) in [5.41, 5.74) is 1.25. The van der Waals surface area contributed by atoms with E-state index in [2.05, 4.69) is 49.4 Å². The number of aliphatic imine (C=N–C) groups is 1. The van der Waals surface area contributed by atoms with Gasteiger partial charge in [0.05, 0.1) is 26.4 Å². The summed E-state index contributed by atoms with van der Waals surface area (Å²) in [6.45, 7) is 8.50. The molecule has 0 saturated carbocycles. The third kappa shape index (κ3) is 5.58. The highest BCUT2D eigenvalue weighted by Gasteiger charge is 2.23. The van der Waals surface area contributed by atoms with Gasteiger partial charge in [-0.2, -0.15) is 0 Å². The van der Waals surface area contributed by atoms with Crippen LogP contribution in [0.2, 0.25) is 0 Å². The molecule has 1 atom stereocenters. The van der Waals surface area contributed by atoms with Crippen molar-refractivity contribution in [3.8, 4) is 5.75 Å². The number of morpholine rings is 1. The highest BCUT2D eigenvalue weighted by atomic mass is 16.5. The molecule has 2 N–H and O–H groups in total. The molecule has 3 heterocycles. The minimum absolute atomic E-state index is 0.217. The van der Waals surface area contributed by atoms with Crippen molar-refractivity contribution in [2.45, 2.75) is 45.3 Å². The molecular formula is C23H35N7O2. The zero-order valence-electron chi connectivity index (χ0n) is 19.2. The van der Waals surface area contributed by atoms with Gasteiger partial charge < -0.3 is 24.7 Å². The van der Waals surface area contributed by atoms with Gasteiger partial charge in [-0.3, -0.25) is 4.90 Å². The van der Waals surface area contributed by atoms with Crippen LogP contribution < -0.4 is 15.4 Å². The van der Waals surface area contributed by atoms with Crippen molar-refractivity contribution in [3.05, 3.63) is 41.5 Å². The predicted octanol–water partition coefficient (Wildman–Crippen LogP) is 1.75. The number of aryl methyl sites for hydroxylation is 1. The van der Waals surface area contributed by atoms with Gasteiger partial charge in [0, 0.05) is 39.1 Å². The first-order valence-electron chi connectivity index (χ1n) is 11.7. The SMILES string of the molecule is CCNC(=NCc1nnc2n1CCCC2)NCC(c1ccc(OC)cc1)N1CCOCC1. The smallest absolute Gasteiger partial charge is 0.191 e. The Morgan fingerprint density at radius 1 is 1.12 bits per heavy atom. The van der Waals surface area contributed by atoms with Crippen LogP contribution in [-0.4, -0.2) is 72.1 Å². The number of nitrogens with one attached hydrogen (secondary N) is 2. The summed E-state index contributed by atoms with van der Waals surface area (Å²) < 4.78 is 13.1. The van der Waals surface area contributed by atoms with Crippen LogP contribution in [0.15, 0.2) is 29.3 Å². The zero-order chi connectivity index (χ0) is 22.2. The van der Waals surface area contributed by atoms with Gasteiger partial charge in [-0.05, 0) is 37.5 Å². The Kier molecular flexibility index (Phi) is 7.95. The minimum Gasteiger partial charge on any atom is -0.497 e. The number of hydrogen-bond donors (Lipinski definition) is 2. The van der Waals surface area contributed by atoms with E-state index in [9.17, 15) is 0 Å². The molecule has 1 unspecified atom stereocenters. The maximum Gasteiger partial charge on any atom is 0.191 e. The Morgan fingerprint density at radius 3 is 2.69 bits per heavy atom. The molecule has 174 valence electrons. The number of hydrogen-bond acceptors (Lipinski definition) is 6. The van der Waals surface area contributed by atoms with E-state index in [1.165, 1.54) is 18.4 Å². The Hall–Kier alpha value is -2.65. The van der Waals surface area contributed by atoms with E-state index in [0.29, 0.717) is 6.54 Å². The average molecular weight is 442 g/mol. The molecular weight excluding hydrogens is 406 g/mol. The van der Waals surface area contributed by atoms with Gasteiger partial charge in [0.1, 0.15) is 18.1 Å². The van der Waals surface area contributed by atoms with Crippen molar-refractivity contribution in [2.75, 3.05) is 46.5 Å². The normalized spacial score (nSPS) is 18.1. The predicted molar refractivity (Wildman–Crippen MR) is 124 cm³/mol. The summed E-state index contributed by atoms with van der Waals surface area (Å²) >= 11 is 0. The topological polar surface area (TPSA) is 88.8 Å². The van der Waals surface area contributed by atoms with Gasteiger partial charge in [-0.25, -0.2) is 4.99 Å². The van der Waals surface area contributed by atoms with E-state index in [1.54, 1.807) is 7.11 Å². The molecule has 1 aromatic carbocycles. The van der Waals surface area contributed by atoms with Gasteiger partial charge in [0.15, 0.2) is 11.8 Å². The molecule has 0 amide bonds. The maximum absolute atomic E-state index is 5.58. The molecule has 2 aliphatic heterocycles. The summed E-state index contributed by atoms with van der Waals surface area (Å²) in [5.74, 6) is 3.70. The van der Waals surface area contributed by atoms with Gasteiger partial charge in [0.2, 0.25) is 0 Å². The van der Waals surface area contributed by atoms with Gasteiger partial charge >= 0.3 is 0 Å². The molecule has 1 saturated heterocycles. The first-order valence-corrected chi connectivity index (χ1v) is 11.7. The lowest BCUT2D eigenvalue weighted by Gasteiger charge is -2.35. The fourth-order valence-corrected chi connectivity index (χ4v) is 4.34. The molecule has 0 spiro atoms. The monoisotopic (exact) mass is 441 g/mol. The lowest BCUT2D eigenvalue weighted by Crippen LogP contribution is -2.46. The zero-order valence-corrected chi connectivity index (χ0v) is 19.2. The number of nitrogens with zero attached hydrogens (tertiary/aromatic N) is 5. The Morgan fingerprint density at radius 2 is 1.94 bits per heavy atom. The maximum atomic E-state index is 5.58. The van der Waals surface area contributed by atoms with Gasteiger partial charge in [0.25, 0.3) is 0 Å². The van der Waals surface area contributed by atoms with Crippen LogP contribution in [0.1, 0.15) is 43.0 Å². The molecule has 2 aliphatic rings. The number of aromatic nitrogens is 3. The Bertz CT molecular complexity index is 875. The van der Waals surface area contributed by atoms with Crippen molar-refractivity contribution in [1.82, 2.24) is 30.3 Å². The highest BCUT2D eigenvalue weighted by Crippen LogP contribution is 2.23. The summed E-state index contributed by atoms with van der Waals surface area (Å²) in [6.07, 6.45) is 3.39. The van der Waals surface area contributed by atoms with Gasteiger partial charge in [-0.1, -0.05) is 12.1 Å². The summed E-state index contributed by atoms with van der Waals surface area (Å²) in [7, 11) is 1.70. The van der Waals surface area contributed by atoms with E-state index in [4.69, 9.17) is 14.5 Å². The van der Waals surface area contributed by atoms with Crippen LogP contribution in [-0.2, 0) is 24.2 Å². The van der Waals surface area contributed by atoms with Crippen LogP contribution >= 0.6 is 0 Å². The fraction of sp³-hybridized carbons (Fsp3) is 0.609. The lowest BCUT2D eigenvalue weighted by molar-refractivity contribution is 0.0170. The fourth-order valence-electron chi connectivity index (χ4n) is 4.34. The van der Waals surface area contributed by atoms with Crippen molar-refractivity contribution in [2.24, 2.45) is 4.99 Å². The lowest BCUT2D eigenvalue weighted by atomic mass is 10.0. The average Bonchev–Trinajstić information content (AvgIpc) is 3.27. The van der Waals surface area contributed by atoms with E-state index >= 15 is 0 Å². The number of ether oxygens (including phenoxy) is 2. The van der Waals surface area contributed by atoms with E-state index in [0.717, 1.165) is 75.7 Å². The molecule has 1 aromatic heterocycles. The van der Waals surface area contributed by atoms with Crippen LogP contribution in [0.4, 0.5) is 0 Å². The highest BCUT2D eigenvalue weighted by molar-refractivity contribution is 5.79. The largest absolute Gasteiger partial charge is 0.497 e. The summed E-state index contributed by atoms with van der Waals surface area (Å²) in [5, 5.41) is 15.6. The number of methoxy groups -OCH3 is 1. The van der Waals surface area contributed by atoms with Crippen LogP contribution in [0.3, 0.4) is 0 Å². The van der Waals surface area contributed by atoms with E-state index in [1.807, 2.05) is 12.1 Å². The van der Waals surface area contributed by atoms with E-state index in [-0.39, 0.29) is 6.04 Å². The molecule has 9 nitrogen and oxygen atoms in total. The molecule has 1 fully saturated rings. The third-order valence-electron chi connectivity index (χ3n) is 6.11. The quantitative estimate of drug-likeness (QED) is 0.477. The first kappa shape index (κ1) is 22.5. The second-order valence-electron chi connectivity index (χ2n) is 8.15. The van der Waals surface area contributed by atoms with Crippen LogP contribution in [0.25, 0.3) is 0 Å². The summed E-state index contributed by atoms with van der Waals surface area (Å²) in [4.78, 5) is 7.28. The summed E-state index contributed by atoms with van der Waals surface area (Å²) in [6, 6.07) is 8.56. The van der Waals surface area contributed by atoms with E-state index < -0.39 is 0 Å².